The van der Waals surface area contributed by atoms with Gasteiger partial charge < -0.3 is 5.32 Å². The van der Waals surface area contributed by atoms with Crippen molar-refractivity contribution in [2.24, 2.45) is 5.92 Å². The van der Waals surface area contributed by atoms with Gasteiger partial charge in [-0.15, -0.1) is 0 Å². The lowest BCUT2D eigenvalue weighted by Crippen LogP contribution is -2.14. The maximum absolute atomic E-state index is 10.7. The summed E-state index contributed by atoms with van der Waals surface area (Å²) in [5, 5.41) is 3.38. The highest BCUT2D eigenvalue weighted by Crippen LogP contribution is 2.28. The summed E-state index contributed by atoms with van der Waals surface area (Å²) in [4.78, 5) is 10.7. The normalized spacial score (nSPS) is 22.6. The first-order valence-electron chi connectivity index (χ1n) is 5.57. The summed E-state index contributed by atoms with van der Waals surface area (Å²) in [5.41, 5.74) is 2.07. The minimum absolute atomic E-state index is 0.542. The first-order chi connectivity index (χ1) is 7.31. The SMILES string of the molecule is CC(c1cccc(C=O)c1)C1CCNC1. The first-order valence-corrected chi connectivity index (χ1v) is 5.57. The average Bonchev–Trinajstić information content (AvgIpc) is 2.81. The van der Waals surface area contributed by atoms with Crippen LogP contribution in [0.5, 0.6) is 0 Å². The molecular formula is C13H17NO. The van der Waals surface area contributed by atoms with Gasteiger partial charge in [-0.3, -0.25) is 4.79 Å². The fourth-order valence-electron chi connectivity index (χ4n) is 2.29. The van der Waals surface area contributed by atoms with Crippen LogP contribution in [0.15, 0.2) is 24.3 Å². The fraction of sp³-hybridized carbons (Fsp3) is 0.462. The number of carbonyl (C=O) groups is 1. The third-order valence-corrected chi connectivity index (χ3v) is 3.38. The maximum Gasteiger partial charge on any atom is 0.150 e. The van der Waals surface area contributed by atoms with Crippen LogP contribution < -0.4 is 5.32 Å². The molecule has 0 amide bonds. The summed E-state index contributed by atoms with van der Waals surface area (Å²) in [6.45, 7) is 4.48. The van der Waals surface area contributed by atoms with Crippen LogP contribution in [0.4, 0.5) is 0 Å². The van der Waals surface area contributed by atoms with Gasteiger partial charge in [-0.2, -0.15) is 0 Å². The van der Waals surface area contributed by atoms with Crippen LogP contribution in [0.3, 0.4) is 0 Å². The van der Waals surface area contributed by atoms with Gasteiger partial charge in [0.1, 0.15) is 6.29 Å². The van der Waals surface area contributed by atoms with Crippen molar-refractivity contribution in [3.8, 4) is 0 Å². The highest BCUT2D eigenvalue weighted by molar-refractivity contribution is 5.75. The lowest BCUT2D eigenvalue weighted by atomic mass is 9.86. The zero-order chi connectivity index (χ0) is 10.7. The Balaban J connectivity index is 2.16. The van der Waals surface area contributed by atoms with Gasteiger partial charge >= 0.3 is 0 Å². The van der Waals surface area contributed by atoms with Crippen molar-refractivity contribution in [1.82, 2.24) is 5.32 Å². The third-order valence-electron chi connectivity index (χ3n) is 3.38. The van der Waals surface area contributed by atoms with Crippen LogP contribution in [0.1, 0.15) is 35.2 Å². The van der Waals surface area contributed by atoms with Crippen molar-refractivity contribution in [3.63, 3.8) is 0 Å². The second kappa shape index (κ2) is 4.58. The molecule has 1 heterocycles. The van der Waals surface area contributed by atoms with E-state index in [0.29, 0.717) is 11.8 Å². The summed E-state index contributed by atoms with van der Waals surface area (Å²) < 4.78 is 0. The predicted octanol–water partition coefficient (Wildman–Crippen LogP) is 2.21. The van der Waals surface area contributed by atoms with E-state index in [0.717, 1.165) is 24.9 Å². The Hall–Kier alpha value is -1.15. The molecule has 2 heteroatoms. The molecule has 15 heavy (non-hydrogen) atoms. The largest absolute Gasteiger partial charge is 0.316 e. The molecule has 0 bridgehead atoms. The van der Waals surface area contributed by atoms with Gasteiger partial charge in [0.25, 0.3) is 0 Å². The van der Waals surface area contributed by atoms with Crippen LogP contribution >= 0.6 is 0 Å². The number of nitrogens with one attached hydrogen (secondary N) is 1. The van der Waals surface area contributed by atoms with Crippen LogP contribution in [0, 0.1) is 5.92 Å². The Morgan fingerprint density at radius 3 is 3.07 bits per heavy atom. The van der Waals surface area contributed by atoms with Gasteiger partial charge in [-0.1, -0.05) is 25.1 Å². The summed E-state index contributed by atoms with van der Waals surface area (Å²) in [7, 11) is 0. The molecule has 1 fully saturated rings. The van der Waals surface area contributed by atoms with Gasteiger partial charge in [0.2, 0.25) is 0 Å². The number of aldehydes is 1. The molecule has 0 aliphatic carbocycles. The van der Waals surface area contributed by atoms with E-state index in [1.165, 1.54) is 12.0 Å². The van der Waals surface area contributed by atoms with Gasteiger partial charge in [-0.25, -0.2) is 0 Å². The van der Waals surface area contributed by atoms with E-state index in [-0.39, 0.29) is 0 Å². The lowest BCUT2D eigenvalue weighted by molar-refractivity contribution is 0.112. The first kappa shape index (κ1) is 10.4. The molecule has 0 spiro atoms. The Bertz CT molecular complexity index is 342. The van der Waals surface area contributed by atoms with E-state index in [9.17, 15) is 4.79 Å². The standard InChI is InChI=1S/C13H17NO/c1-10(13-5-6-14-8-13)12-4-2-3-11(7-12)9-15/h2-4,7,9-10,13-14H,5-6,8H2,1H3. The molecular weight excluding hydrogens is 186 g/mol. The Morgan fingerprint density at radius 1 is 1.53 bits per heavy atom. The van der Waals surface area contributed by atoms with E-state index in [2.05, 4.69) is 18.3 Å². The molecule has 2 rings (SSSR count). The smallest absolute Gasteiger partial charge is 0.150 e. The quantitative estimate of drug-likeness (QED) is 0.763. The second-order valence-corrected chi connectivity index (χ2v) is 4.33. The van der Waals surface area contributed by atoms with Gasteiger partial charge in [0.15, 0.2) is 0 Å². The number of carbonyl (C=O) groups excluding carboxylic acids is 1. The Kier molecular flexibility index (Phi) is 3.17. The molecule has 0 saturated carbocycles. The van der Waals surface area contributed by atoms with E-state index in [1.807, 2.05) is 18.2 Å². The van der Waals surface area contributed by atoms with Crippen LogP contribution in [-0.2, 0) is 0 Å². The molecule has 1 aromatic carbocycles. The molecule has 0 radical (unpaired) electrons. The van der Waals surface area contributed by atoms with E-state index in [4.69, 9.17) is 0 Å². The molecule has 2 nitrogen and oxygen atoms in total. The zero-order valence-corrected chi connectivity index (χ0v) is 9.07. The van der Waals surface area contributed by atoms with Crippen molar-refractivity contribution >= 4 is 6.29 Å². The van der Waals surface area contributed by atoms with Gasteiger partial charge in [-0.05, 0) is 43.0 Å². The average molecular weight is 203 g/mol. The van der Waals surface area contributed by atoms with Crippen LogP contribution in [-0.4, -0.2) is 19.4 Å². The summed E-state index contributed by atoms with van der Waals surface area (Å²) in [6, 6.07) is 7.96. The third kappa shape index (κ3) is 2.26. The lowest BCUT2D eigenvalue weighted by Gasteiger charge is -2.18. The van der Waals surface area contributed by atoms with Crippen molar-refractivity contribution in [3.05, 3.63) is 35.4 Å². The maximum atomic E-state index is 10.7. The van der Waals surface area contributed by atoms with Crippen LogP contribution in [0.2, 0.25) is 0 Å². The Morgan fingerprint density at radius 2 is 2.40 bits per heavy atom. The minimum Gasteiger partial charge on any atom is -0.316 e. The van der Waals surface area contributed by atoms with Crippen molar-refractivity contribution < 1.29 is 4.79 Å². The molecule has 1 N–H and O–H groups in total. The Labute approximate surface area is 90.7 Å². The fourth-order valence-corrected chi connectivity index (χ4v) is 2.29. The van der Waals surface area contributed by atoms with Crippen molar-refractivity contribution in [2.45, 2.75) is 19.3 Å². The van der Waals surface area contributed by atoms with Crippen LogP contribution in [0.25, 0.3) is 0 Å². The number of benzene rings is 1. The molecule has 1 aliphatic heterocycles. The number of rotatable bonds is 3. The molecule has 0 aromatic heterocycles. The molecule has 1 aromatic rings. The molecule has 1 aliphatic rings. The topological polar surface area (TPSA) is 29.1 Å². The van der Waals surface area contributed by atoms with Gasteiger partial charge in [0.05, 0.1) is 0 Å². The molecule has 2 atom stereocenters. The zero-order valence-electron chi connectivity index (χ0n) is 9.07. The van der Waals surface area contributed by atoms with Crippen molar-refractivity contribution in [2.75, 3.05) is 13.1 Å². The predicted molar refractivity (Wildman–Crippen MR) is 61.2 cm³/mol. The molecule has 2 unspecified atom stereocenters. The van der Waals surface area contributed by atoms with Crippen molar-refractivity contribution in [1.29, 1.82) is 0 Å². The van der Waals surface area contributed by atoms with E-state index >= 15 is 0 Å². The number of hydrogen-bond acceptors (Lipinski definition) is 2. The summed E-state index contributed by atoms with van der Waals surface area (Å²) in [6.07, 6.45) is 2.16. The monoisotopic (exact) mass is 203 g/mol. The van der Waals surface area contributed by atoms with E-state index < -0.39 is 0 Å². The minimum atomic E-state index is 0.542. The summed E-state index contributed by atoms with van der Waals surface area (Å²) >= 11 is 0. The second-order valence-electron chi connectivity index (χ2n) is 4.33. The van der Waals surface area contributed by atoms with E-state index in [1.54, 1.807) is 0 Å². The molecule has 1 saturated heterocycles. The molecule has 80 valence electrons. The van der Waals surface area contributed by atoms with Gasteiger partial charge in [0, 0.05) is 5.56 Å². The summed E-state index contributed by atoms with van der Waals surface area (Å²) in [5.74, 6) is 1.26. The highest BCUT2D eigenvalue weighted by Gasteiger charge is 2.22. The number of hydrogen-bond donors (Lipinski definition) is 1. The highest BCUT2D eigenvalue weighted by atomic mass is 16.1.